The molecule has 1 aromatic heterocycles. The van der Waals surface area contributed by atoms with Gasteiger partial charge in [-0.1, -0.05) is 0 Å². The van der Waals surface area contributed by atoms with E-state index in [2.05, 4.69) is 4.98 Å². The van der Waals surface area contributed by atoms with E-state index in [9.17, 15) is 22.0 Å². The van der Waals surface area contributed by atoms with Gasteiger partial charge in [0, 0.05) is 6.54 Å². The van der Waals surface area contributed by atoms with Crippen LogP contribution in [0.2, 0.25) is 0 Å². The maximum absolute atomic E-state index is 12.6. The van der Waals surface area contributed by atoms with Crippen molar-refractivity contribution in [1.82, 2.24) is 4.98 Å². The number of aromatic nitrogens is 1. The molecule has 8 heteroatoms. The molecule has 0 aromatic carbocycles. The summed E-state index contributed by atoms with van der Waals surface area (Å²) in [5, 5.41) is 8.73. The largest absolute Gasteiger partial charge is 0.418 e. The molecule has 1 aromatic rings. The number of halogens is 5. The van der Waals surface area contributed by atoms with Crippen LogP contribution in [-0.4, -0.2) is 10.1 Å². The number of rotatable bonds is 3. The van der Waals surface area contributed by atoms with E-state index in [1.165, 1.54) is 0 Å². The van der Waals surface area contributed by atoms with Crippen molar-refractivity contribution in [3.63, 3.8) is 0 Å². The lowest BCUT2D eigenvalue weighted by Gasteiger charge is -2.16. The number of hydrogen-bond acceptors (Lipinski definition) is 3. The number of nitrogens with two attached hydrogens (primary N) is 1. The van der Waals surface area contributed by atoms with Crippen LogP contribution >= 0.6 is 0 Å². The molecule has 0 saturated carbocycles. The minimum absolute atomic E-state index is 0.270. The maximum atomic E-state index is 12.6. The molecule has 96 valence electrons. The molecule has 0 fully saturated rings. The predicted molar refractivity (Wildman–Crippen MR) is 48.0 cm³/mol. The minimum atomic E-state index is -4.96. The van der Waals surface area contributed by atoms with E-state index in [0.29, 0.717) is 0 Å². The monoisotopic (exact) mass is 256 g/mol. The summed E-state index contributed by atoms with van der Waals surface area (Å²) in [7, 11) is 0. The Balaban J connectivity index is 3.53. The Hall–Kier alpha value is -1.28. The molecule has 1 rings (SSSR count). The van der Waals surface area contributed by atoms with Crippen molar-refractivity contribution >= 4 is 0 Å². The van der Waals surface area contributed by atoms with E-state index < -0.39 is 42.6 Å². The molecule has 0 radical (unpaired) electrons. The van der Waals surface area contributed by atoms with E-state index in [1.54, 1.807) is 0 Å². The lowest BCUT2D eigenvalue weighted by molar-refractivity contribution is -0.140. The van der Waals surface area contributed by atoms with Crippen LogP contribution in [0.5, 0.6) is 0 Å². The van der Waals surface area contributed by atoms with Gasteiger partial charge in [-0.25, -0.2) is 13.8 Å². The van der Waals surface area contributed by atoms with Crippen molar-refractivity contribution in [2.24, 2.45) is 5.73 Å². The number of pyridine rings is 1. The molecule has 0 saturated heterocycles. The summed E-state index contributed by atoms with van der Waals surface area (Å²) in [6, 6.07) is 0.870. The van der Waals surface area contributed by atoms with Crippen LogP contribution in [0.4, 0.5) is 22.0 Å². The molecule has 0 atom stereocenters. The van der Waals surface area contributed by atoms with Crippen LogP contribution < -0.4 is 5.73 Å². The normalized spacial score (nSPS) is 12.2. The van der Waals surface area contributed by atoms with Crippen LogP contribution in [0.1, 0.15) is 28.9 Å². The fraction of sp³-hybridized carbons (Fsp3) is 0.444. The topological polar surface area (TPSA) is 59.1 Å². The van der Waals surface area contributed by atoms with Gasteiger partial charge in [-0.3, -0.25) is 0 Å². The fourth-order valence-electron chi connectivity index (χ4n) is 1.41. The average Bonchev–Trinajstić information content (AvgIpc) is 2.25. The van der Waals surface area contributed by atoms with Gasteiger partial charge < -0.3 is 10.8 Å². The molecule has 3 N–H and O–H groups in total. The Morgan fingerprint density at radius 2 is 1.94 bits per heavy atom. The zero-order valence-electron chi connectivity index (χ0n) is 8.43. The van der Waals surface area contributed by atoms with Crippen molar-refractivity contribution < 1.29 is 27.1 Å². The van der Waals surface area contributed by atoms with E-state index in [0.717, 1.165) is 6.07 Å². The zero-order valence-corrected chi connectivity index (χ0v) is 8.43. The Bertz CT molecular complexity index is 405. The highest BCUT2D eigenvalue weighted by atomic mass is 19.4. The van der Waals surface area contributed by atoms with Crippen molar-refractivity contribution in [2.75, 3.05) is 0 Å². The second kappa shape index (κ2) is 4.92. The first kappa shape index (κ1) is 13.8. The summed E-state index contributed by atoms with van der Waals surface area (Å²) in [6.45, 7) is -1.30. The standard InChI is InChI=1S/C9H9F5N2O/c10-8(11)7-6(9(12,13)14)4(2-15)1-5(3-17)16-7/h1,8,17H,2-3,15H2. The molecule has 0 spiro atoms. The highest BCUT2D eigenvalue weighted by Crippen LogP contribution is 2.37. The summed E-state index contributed by atoms with van der Waals surface area (Å²) in [5.74, 6) is 0. The van der Waals surface area contributed by atoms with E-state index in [1.807, 2.05) is 0 Å². The van der Waals surface area contributed by atoms with Crippen LogP contribution in [0.15, 0.2) is 6.07 Å². The predicted octanol–water partition coefficient (Wildman–Crippen LogP) is 1.99. The first-order valence-electron chi connectivity index (χ1n) is 4.50. The van der Waals surface area contributed by atoms with Gasteiger partial charge in [-0.15, -0.1) is 0 Å². The number of aliphatic hydroxyl groups is 1. The van der Waals surface area contributed by atoms with Gasteiger partial charge in [0.25, 0.3) is 6.43 Å². The summed E-state index contributed by atoms with van der Waals surface area (Å²) >= 11 is 0. The SMILES string of the molecule is NCc1cc(CO)nc(C(F)F)c1C(F)(F)F. The quantitative estimate of drug-likeness (QED) is 0.813. The number of nitrogens with zero attached hydrogens (tertiary/aromatic N) is 1. The Kier molecular flexibility index (Phi) is 3.99. The molecular weight excluding hydrogens is 247 g/mol. The molecule has 0 aliphatic heterocycles. The van der Waals surface area contributed by atoms with Crippen molar-refractivity contribution in [1.29, 1.82) is 0 Å². The highest BCUT2D eigenvalue weighted by Gasteiger charge is 2.39. The Morgan fingerprint density at radius 1 is 1.35 bits per heavy atom. The van der Waals surface area contributed by atoms with E-state index >= 15 is 0 Å². The molecule has 0 amide bonds. The van der Waals surface area contributed by atoms with Crippen LogP contribution in [0.25, 0.3) is 0 Å². The second-order valence-electron chi connectivity index (χ2n) is 3.19. The number of alkyl halides is 5. The average molecular weight is 256 g/mol. The molecule has 0 aliphatic rings. The van der Waals surface area contributed by atoms with E-state index in [-0.39, 0.29) is 5.69 Å². The van der Waals surface area contributed by atoms with Gasteiger partial charge >= 0.3 is 6.18 Å². The molecule has 17 heavy (non-hydrogen) atoms. The first-order chi connectivity index (χ1) is 7.81. The van der Waals surface area contributed by atoms with Gasteiger partial charge in [0.2, 0.25) is 0 Å². The van der Waals surface area contributed by atoms with Crippen LogP contribution in [0.3, 0.4) is 0 Å². The molecular formula is C9H9F5N2O. The molecule has 0 unspecified atom stereocenters. The Morgan fingerprint density at radius 3 is 2.29 bits per heavy atom. The Labute approximate surface area is 93.1 Å². The van der Waals surface area contributed by atoms with Crippen molar-refractivity contribution in [3.05, 3.63) is 28.6 Å². The minimum Gasteiger partial charge on any atom is -0.390 e. The maximum Gasteiger partial charge on any atom is 0.418 e. The van der Waals surface area contributed by atoms with Gasteiger partial charge in [-0.05, 0) is 11.6 Å². The van der Waals surface area contributed by atoms with Gasteiger partial charge in [0.15, 0.2) is 0 Å². The number of hydrogen-bond donors (Lipinski definition) is 2. The second-order valence-corrected chi connectivity index (χ2v) is 3.19. The molecule has 3 nitrogen and oxygen atoms in total. The van der Waals surface area contributed by atoms with Gasteiger partial charge in [0.05, 0.1) is 17.9 Å². The first-order valence-corrected chi connectivity index (χ1v) is 4.50. The number of aliphatic hydroxyl groups excluding tert-OH is 1. The lowest BCUT2D eigenvalue weighted by atomic mass is 10.0. The summed E-state index contributed by atoms with van der Waals surface area (Å²) in [5.41, 5.74) is 1.39. The third-order valence-corrected chi connectivity index (χ3v) is 2.05. The smallest absolute Gasteiger partial charge is 0.390 e. The fourth-order valence-corrected chi connectivity index (χ4v) is 1.41. The zero-order chi connectivity index (χ0) is 13.2. The van der Waals surface area contributed by atoms with Gasteiger partial charge in [0.1, 0.15) is 5.69 Å². The summed E-state index contributed by atoms with van der Waals surface area (Å²) < 4.78 is 62.8. The third kappa shape index (κ3) is 2.89. The van der Waals surface area contributed by atoms with Gasteiger partial charge in [-0.2, -0.15) is 13.2 Å². The molecule has 0 aliphatic carbocycles. The van der Waals surface area contributed by atoms with Crippen LogP contribution in [0, 0.1) is 0 Å². The lowest BCUT2D eigenvalue weighted by Crippen LogP contribution is -2.18. The van der Waals surface area contributed by atoms with Crippen molar-refractivity contribution in [3.8, 4) is 0 Å². The molecule has 0 bridgehead atoms. The summed E-state index contributed by atoms with van der Waals surface area (Å²) in [6.07, 6.45) is -8.34. The summed E-state index contributed by atoms with van der Waals surface area (Å²) in [4.78, 5) is 3.09. The van der Waals surface area contributed by atoms with Crippen LogP contribution in [-0.2, 0) is 19.3 Å². The third-order valence-electron chi connectivity index (χ3n) is 2.05. The highest BCUT2D eigenvalue weighted by molar-refractivity contribution is 5.36. The van der Waals surface area contributed by atoms with E-state index in [4.69, 9.17) is 10.8 Å². The van der Waals surface area contributed by atoms with Crippen molar-refractivity contribution in [2.45, 2.75) is 25.8 Å². The molecule has 1 heterocycles.